The molecular weight excluding hydrogens is 297 g/mol. The van der Waals surface area contributed by atoms with Crippen LogP contribution in [-0.4, -0.2) is 11.0 Å². The lowest BCUT2D eigenvalue weighted by molar-refractivity contribution is 0.0925. The van der Waals surface area contributed by atoms with Crippen LogP contribution in [0.5, 0.6) is 0 Å². The molecule has 3 aromatic rings. The molecule has 0 spiro atoms. The van der Waals surface area contributed by atoms with Gasteiger partial charge in [-0.3, -0.25) is 4.79 Å². The number of carbonyl (C=O) groups is 1. The van der Waals surface area contributed by atoms with Gasteiger partial charge in [0.15, 0.2) is 5.76 Å². The van der Waals surface area contributed by atoms with Crippen molar-refractivity contribution in [2.45, 2.75) is 20.1 Å². The van der Waals surface area contributed by atoms with E-state index in [0.29, 0.717) is 11.1 Å². The Bertz CT molecular complexity index is 870. The normalized spacial score (nSPS) is 10.9. The van der Waals surface area contributed by atoms with E-state index in [-0.39, 0.29) is 30.4 Å². The van der Waals surface area contributed by atoms with Crippen molar-refractivity contribution in [3.05, 3.63) is 70.7 Å². The SMILES string of the molecule is Cc1ccc2oc(C(=O)NCc3ccc(F)c(CO)c3)cc2c1. The van der Waals surface area contributed by atoms with Crippen LogP contribution >= 0.6 is 0 Å². The highest BCUT2D eigenvalue weighted by atomic mass is 19.1. The van der Waals surface area contributed by atoms with Gasteiger partial charge >= 0.3 is 0 Å². The number of carbonyl (C=O) groups excluding carboxylic acids is 1. The summed E-state index contributed by atoms with van der Waals surface area (Å²) < 4.78 is 18.8. The van der Waals surface area contributed by atoms with Gasteiger partial charge in [-0.25, -0.2) is 4.39 Å². The van der Waals surface area contributed by atoms with Gasteiger partial charge in [-0.15, -0.1) is 0 Å². The summed E-state index contributed by atoms with van der Waals surface area (Å²) in [6.07, 6.45) is 0. The number of amides is 1. The smallest absolute Gasteiger partial charge is 0.287 e. The zero-order valence-electron chi connectivity index (χ0n) is 12.6. The van der Waals surface area contributed by atoms with Crippen LogP contribution in [-0.2, 0) is 13.2 Å². The maximum absolute atomic E-state index is 13.3. The van der Waals surface area contributed by atoms with E-state index in [0.717, 1.165) is 10.9 Å². The fourth-order valence-electron chi connectivity index (χ4n) is 2.40. The minimum Gasteiger partial charge on any atom is -0.451 e. The molecule has 0 fully saturated rings. The second-order valence-electron chi connectivity index (χ2n) is 5.42. The van der Waals surface area contributed by atoms with Crippen molar-refractivity contribution < 1.29 is 18.7 Å². The molecule has 23 heavy (non-hydrogen) atoms. The quantitative estimate of drug-likeness (QED) is 0.777. The summed E-state index contributed by atoms with van der Waals surface area (Å²) in [4.78, 5) is 12.2. The van der Waals surface area contributed by atoms with E-state index in [9.17, 15) is 9.18 Å². The number of rotatable bonds is 4. The Labute approximate surface area is 132 Å². The fourth-order valence-corrected chi connectivity index (χ4v) is 2.40. The highest BCUT2D eigenvalue weighted by Crippen LogP contribution is 2.20. The molecule has 1 heterocycles. The highest BCUT2D eigenvalue weighted by Gasteiger charge is 2.12. The summed E-state index contributed by atoms with van der Waals surface area (Å²) in [6, 6.07) is 11.8. The number of nitrogens with one attached hydrogen (secondary N) is 1. The lowest BCUT2D eigenvalue weighted by Crippen LogP contribution is -2.22. The molecule has 0 saturated heterocycles. The average molecular weight is 313 g/mol. The predicted molar refractivity (Wildman–Crippen MR) is 84.4 cm³/mol. The van der Waals surface area contributed by atoms with Gasteiger partial charge in [0.05, 0.1) is 6.61 Å². The van der Waals surface area contributed by atoms with Crippen LogP contribution in [0.3, 0.4) is 0 Å². The second kappa shape index (κ2) is 6.22. The number of aliphatic hydroxyl groups excluding tert-OH is 1. The molecular formula is C18H16FNO3. The van der Waals surface area contributed by atoms with Crippen molar-refractivity contribution in [1.82, 2.24) is 5.32 Å². The number of hydrogen-bond acceptors (Lipinski definition) is 3. The van der Waals surface area contributed by atoms with Crippen LogP contribution in [0.4, 0.5) is 4.39 Å². The van der Waals surface area contributed by atoms with E-state index in [1.165, 1.54) is 12.1 Å². The Morgan fingerprint density at radius 3 is 2.83 bits per heavy atom. The van der Waals surface area contributed by atoms with E-state index < -0.39 is 5.82 Å². The van der Waals surface area contributed by atoms with Crippen molar-refractivity contribution in [2.24, 2.45) is 0 Å². The Morgan fingerprint density at radius 2 is 2.04 bits per heavy atom. The van der Waals surface area contributed by atoms with E-state index in [2.05, 4.69) is 5.32 Å². The van der Waals surface area contributed by atoms with Crippen molar-refractivity contribution >= 4 is 16.9 Å². The van der Waals surface area contributed by atoms with Crippen LogP contribution in [0.2, 0.25) is 0 Å². The van der Waals surface area contributed by atoms with Crippen molar-refractivity contribution in [2.75, 3.05) is 0 Å². The molecule has 0 bridgehead atoms. The van der Waals surface area contributed by atoms with Crippen LogP contribution in [0.25, 0.3) is 11.0 Å². The number of furan rings is 1. The number of aryl methyl sites for hydroxylation is 1. The predicted octanol–water partition coefficient (Wildman–Crippen LogP) is 3.30. The van der Waals surface area contributed by atoms with E-state index in [4.69, 9.17) is 9.52 Å². The summed E-state index contributed by atoms with van der Waals surface area (Å²) >= 11 is 0. The van der Waals surface area contributed by atoms with E-state index >= 15 is 0 Å². The summed E-state index contributed by atoms with van der Waals surface area (Å²) in [5.74, 6) is -0.570. The van der Waals surface area contributed by atoms with Crippen LogP contribution in [0.1, 0.15) is 27.2 Å². The summed E-state index contributed by atoms with van der Waals surface area (Å²) in [6.45, 7) is 1.82. The third-order valence-corrected chi connectivity index (χ3v) is 3.63. The lowest BCUT2D eigenvalue weighted by atomic mass is 10.1. The summed E-state index contributed by atoms with van der Waals surface area (Å²) in [5.41, 5.74) is 2.66. The maximum Gasteiger partial charge on any atom is 0.287 e. The van der Waals surface area contributed by atoms with E-state index in [1.807, 2.05) is 25.1 Å². The average Bonchev–Trinajstić information content (AvgIpc) is 2.97. The molecule has 0 aliphatic heterocycles. The van der Waals surface area contributed by atoms with Gasteiger partial charge in [-0.1, -0.05) is 17.7 Å². The molecule has 0 atom stereocenters. The molecule has 1 aromatic heterocycles. The van der Waals surface area contributed by atoms with Gasteiger partial charge in [0.1, 0.15) is 11.4 Å². The van der Waals surface area contributed by atoms with Crippen molar-refractivity contribution in [3.63, 3.8) is 0 Å². The van der Waals surface area contributed by atoms with Crippen LogP contribution < -0.4 is 5.32 Å². The standard InChI is InChI=1S/C18H16FNO3/c1-11-2-5-16-13(6-11)8-17(23-16)18(22)20-9-12-3-4-15(19)14(7-12)10-21/h2-8,21H,9-10H2,1H3,(H,20,22). The number of fused-ring (bicyclic) bond motifs is 1. The molecule has 0 radical (unpaired) electrons. The molecule has 0 unspecified atom stereocenters. The Hall–Kier alpha value is -2.66. The van der Waals surface area contributed by atoms with E-state index in [1.54, 1.807) is 12.1 Å². The lowest BCUT2D eigenvalue weighted by Gasteiger charge is -2.06. The summed E-state index contributed by atoms with van der Waals surface area (Å²) in [5, 5.41) is 12.7. The third kappa shape index (κ3) is 3.24. The number of halogens is 1. The number of benzene rings is 2. The van der Waals surface area contributed by atoms with Gasteiger partial charge < -0.3 is 14.8 Å². The Kier molecular flexibility index (Phi) is 4.12. The molecule has 0 saturated carbocycles. The molecule has 0 aliphatic carbocycles. The molecule has 2 N–H and O–H groups in total. The topological polar surface area (TPSA) is 62.5 Å². The molecule has 3 rings (SSSR count). The van der Waals surface area contributed by atoms with Crippen LogP contribution in [0, 0.1) is 12.7 Å². The molecule has 118 valence electrons. The minimum absolute atomic E-state index is 0.205. The molecule has 5 heteroatoms. The van der Waals surface area contributed by atoms with Crippen LogP contribution in [0.15, 0.2) is 46.9 Å². The van der Waals surface area contributed by atoms with Gasteiger partial charge in [-0.2, -0.15) is 0 Å². The van der Waals surface area contributed by atoms with Gasteiger partial charge in [0, 0.05) is 17.5 Å². The first-order valence-electron chi connectivity index (χ1n) is 7.23. The largest absolute Gasteiger partial charge is 0.451 e. The second-order valence-corrected chi connectivity index (χ2v) is 5.42. The minimum atomic E-state index is -0.463. The third-order valence-electron chi connectivity index (χ3n) is 3.63. The molecule has 2 aromatic carbocycles. The Morgan fingerprint density at radius 1 is 1.22 bits per heavy atom. The van der Waals surface area contributed by atoms with Gasteiger partial charge in [0.25, 0.3) is 5.91 Å². The van der Waals surface area contributed by atoms with Crippen molar-refractivity contribution in [3.8, 4) is 0 Å². The van der Waals surface area contributed by atoms with Gasteiger partial charge in [0.2, 0.25) is 0 Å². The monoisotopic (exact) mass is 313 g/mol. The number of aliphatic hydroxyl groups is 1. The zero-order chi connectivity index (χ0) is 16.4. The fraction of sp³-hybridized carbons (Fsp3) is 0.167. The van der Waals surface area contributed by atoms with Gasteiger partial charge in [-0.05, 0) is 42.8 Å². The first kappa shape index (κ1) is 15.2. The molecule has 1 amide bonds. The highest BCUT2D eigenvalue weighted by molar-refractivity contribution is 5.96. The summed E-state index contributed by atoms with van der Waals surface area (Å²) in [7, 11) is 0. The molecule has 0 aliphatic rings. The first-order chi connectivity index (χ1) is 11.1. The number of hydrogen-bond donors (Lipinski definition) is 2. The first-order valence-corrected chi connectivity index (χ1v) is 7.23. The zero-order valence-corrected chi connectivity index (χ0v) is 12.6. The Balaban J connectivity index is 1.73. The van der Waals surface area contributed by atoms with Crippen molar-refractivity contribution in [1.29, 1.82) is 0 Å². The molecule has 4 nitrogen and oxygen atoms in total. The maximum atomic E-state index is 13.3.